The van der Waals surface area contributed by atoms with E-state index < -0.39 is 45.9 Å². The fraction of sp³-hybridized carbons (Fsp3) is 0.769. The molecule has 2 aliphatic heterocycles. The first-order valence-corrected chi connectivity index (χ1v) is 15.2. The highest BCUT2D eigenvalue weighted by atomic mass is 32.2. The van der Waals surface area contributed by atoms with Crippen LogP contribution in [0.25, 0.3) is 0 Å². The van der Waals surface area contributed by atoms with Gasteiger partial charge in [0.1, 0.15) is 11.6 Å². The van der Waals surface area contributed by atoms with Crippen LogP contribution in [0.15, 0.2) is 17.6 Å². The monoisotopic (exact) mass is 566 g/mol. The number of carbonyl (C=O) groups is 2. The molecular formula is C26H43BN4O7S. The second kappa shape index (κ2) is 11.7. The smallest absolute Gasteiger partial charge is 0.444 e. The molecule has 2 aliphatic rings. The Bertz CT molecular complexity index is 1110. The lowest BCUT2D eigenvalue weighted by atomic mass is 9.81. The standard InChI is InChI=1S/C26H43BN4O7S/c1-18(30-23(33)36-24(2,3)4)21(32)31-13-11-19(12-14-31)10-9-15-39(34,35)22-28-16-20(17-29-22)27-37-25(5,6)26(7,8)38-27/h16-19H,9-15H2,1-8H3,(H,30,33)/t18-/m1/s1. The third-order valence-corrected chi connectivity index (χ3v) is 9.10. The molecule has 1 aromatic heterocycles. The van der Waals surface area contributed by atoms with Crippen LogP contribution in [-0.2, 0) is 28.7 Å². The van der Waals surface area contributed by atoms with Crippen molar-refractivity contribution in [2.75, 3.05) is 18.8 Å². The Morgan fingerprint density at radius 2 is 1.67 bits per heavy atom. The number of piperidine rings is 1. The van der Waals surface area contributed by atoms with Gasteiger partial charge in [-0.2, -0.15) is 0 Å². The van der Waals surface area contributed by atoms with Gasteiger partial charge in [0.2, 0.25) is 20.9 Å². The number of rotatable bonds is 8. The number of carbonyl (C=O) groups excluding carboxylic acids is 2. The number of hydrogen-bond acceptors (Lipinski definition) is 9. The van der Waals surface area contributed by atoms with Gasteiger partial charge in [0.05, 0.1) is 17.0 Å². The summed E-state index contributed by atoms with van der Waals surface area (Å²) in [7, 11) is -4.28. The molecule has 0 bridgehead atoms. The minimum atomic E-state index is -3.63. The lowest BCUT2D eigenvalue weighted by molar-refractivity contribution is -0.134. The Kier molecular flexibility index (Phi) is 9.39. The maximum Gasteiger partial charge on any atom is 0.498 e. The average Bonchev–Trinajstić information content (AvgIpc) is 3.04. The first-order chi connectivity index (χ1) is 17.9. The van der Waals surface area contributed by atoms with Gasteiger partial charge in [-0.3, -0.25) is 4.79 Å². The molecule has 218 valence electrons. The zero-order valence-electron chi connectivity index (χ0n) is 24.4. The number of aromatic nitrogens is 2. The third kappa shape index (κ3) is 8.14. The Morgan fingerprint density at radius 1 is 1.13 bits per heavy atom. The van der Waals surface area contributed by atoms with Crippen LogP contribution in [0.2, 0.25) is 0 Å². The summed E-state index contributed by atoms with van der Waals surface area (Å²) in [6.07, 6.45) is 5.07. The van der Waals surface area contributed by atoms with E-state index in [0.717, 1.165) is 19.3 Å². The molecule has 0 radical (unpaired) electrons. The molecule has 3 heterocycles. The van der Waals surface area contributed by atoms with Crippen LogP contribution in [0.3, 0.4) is 0 Å². The Labute approximate surface area is 232 Å². The van der Waals surface area contributed by atoms with Crippen molar-refractivity contribution >= 4 is 34.4 Å². The van der Waals surface area contributed by atoms with Gasteiger partial charge in [-0.15, -0.1) is 0 Å². The molecule has 0 unspecified atom stereocenters. The molecule has 3 rings (SSSR count). The van der Waals surface area contributed by atoms with Gasteiger partial charge >= 0.3 is 13.2 Å². The molecule has 2 saturated heterocycles. The summed E-state index contributed by atoms with van der Waals surface area (Å²) < 4.78 is 42.8. The molecule has 1 aromatic rings. The van der Waals surface area contributed by atoms with Crippen molar-refractivity contribution in [3.63, 3.8) is 0 Å². The normalized spacial score (nSPS) is 20.5. The molecule has 11 nitrogen and oxygen atoms in total. The predicted octanol–water partition coefficient (Wildman–Crippen LogP) is 2.48. The number of amides is 2. The molecular weight excluding hydrogens is 523 g/mol. The maximum absolute atomic E-state index is 12.8. The van der Waals surface area contributed by atoms with E-state index in [2.05, 4.69) is 15.3 Å². The molecule has 1 N–H and O–H groups in total. The predicted molar refractivity (Wildman–Crippen MR) is 147 cm³/mol. The molecule has 2 amide bonds. The topological polar surface area (TPSA) is 137 Å². The van der Waals surface area contributed by atoms with Crippen LogP contribution >= 0.6 is 0 Å². The van der Waals surface area contributed by atoms with Crippen LogP contribution in [0.4, 0.5) is 4.79 Å². The molecule has 13 heteroatoms. The number of nitrogens with one attached hydrogen (secondary N) is 1. The number of sulfone groups is 1. The summed E-state index contributed by atoms with van der Waals surface area (Å²) >= 11 is 0. The summed E-state index contributed by atoms with van der Waals surface area (Å²) in [6.45, 7) is 15.9. The van der Waals surface area contributed by atoms with E-state index in [1.807, 2.05) is 27.7 Å². The maximum atomic E-state index is 12.8. The second-order valence-corrected chi connectivity index (χ2v) is 14.5. The van der Waals surface area contributed by atoms with E-state index >= 15 is 0 Å². The zero-order chi connectivity index (χ0) is 29.2. The van der Waals surface area contributed by atoms with Crippen LogP contribution in [0, 0.1) is 5.92 Å². The quantitative estimate of drug-likeness (QED) is 0.372. The number of ether oxygens (including phenoxy) is 1. The Hall–Kier alpha value is -2.25. The molecule has 0 saturated carbocycles. The minimum Gasteiger partial charge on any atom is -0.444 e. The summed E-state index contributed by atoms with van der Waals surface area (Å²) in [5.74, 6) is 0.131. The SMILES string of the molecule is C[C@@H](NC(=O)OC(C)(C)C)C(=O)N1CCC(CCCS(=O)(=O)c2ncc(B3OC(C)(C)C(C)(C)O3)cn2)CC1. The average molecular weight is 567 g/mol. The van der Waals surface area contributed by atoms with E-state index in [4.69, 9.17) is 14.0 Å². The second-order valence-electron chi connectivity index (χ2n) is 12.5. The highest BCUT2D eigenvalue weighted by Gasteiger charge is 2.52. The fourth-order valence-electron chi connectivity index (χ4n) is 4.50. The van der Waals surface area contributed by atoms with Crippen LogP contribution in [-0.4, -0.2) is 84.1 Å². The molecule has 1 atom stereocenters. The molecule has 2 fully saturated rings. The van der Waals surface area contributed by atoms with Crippen molar-refractivity contribution in [2.24, 2.45) is 5.92 Å². The first-order valence-electron chi connectivity index (χ1n) is 13.6. The van der Waals surface area contributed by atoms with E-state index in [-0.39, 0.29) is 16.8 Å². The third-order valence-electron chi connectivity index (χ3n) is 7.51. The van der Waals surface area contributed by atoms with Gasteiger partial charge in [-0.25, -0.2) is 23.2 Å². The van der Waals surface area contributed by atoms with Gasteiger partial charge < -0.3 is 24.3 Å². The van der Waals surface area contributed by atoms with Crippen molar-refractivity contribution < 1.29 is 32.1 Å². The highest BCUT2D eigenvalue weighted by Crippen LogP contribution is 2.36. The van der Waals surface area contributed by atoms with Crippen LogP contribution in [0.5, 0.6) is 0 Å². The van der Waals surface area contributed by atoms with Crippen molar-refractivity contribution in [3.05, 3.63) is 12.4 Å². The van der Waals surface area contributed by atoms with Crippen molar-refractivity contribution in [1.29, 1.82) is 0 Å². The van der Waals surface area contributed by atoms with Gasteiger partial charge in [-0.05, 0) is 87.0 Å². The number of alkyl carbamates (subject to hydrolysis) is 1. The van der Waals surface area contributed by atoms with Gasteiger partial charge in [0.15, 0.2) is 0 Å². The minimum absolute atomic E-state index is 0.0428. The summed E-state index contributed by atoms with van der Waals surface area (Å²) in [5.41, 5.74) is -1.09. The molecule has 39 heavy (non-hydrogen) atoms. The van der Waals surface area contributed by atoms with Gasteiger partial charge in [-0.1, -0.05) is 0 Å². The first kappa shape index (κ1) is 31.3. The van der Waals surface area contributed by atoms with E-state index in [1.165, 1.54) is 12.4 Å². The van der Waals surface area contributed by atoms with Crippen LogP contribution in [0.1, 0.15) is 81.1 Å². The largest absolute Gasteiger partial charge is 0.498 e. The Morgan fingerprint density at radius 3 is 2.18 bits per heavy atom. The van der Waals surface area contributed by atoms with E-state index in [0.29, 0.717) is 30.9 Å². The molecule has 0 aliphatic carbocycles. The van der Waals surface area contributed by atoms with Crippen molar-refractivity contribution in [1.82, 2.24) is 20.2 Å². The number of nitrogens with zero attached hydrogens (tertiary/aromatic N) is 3. The molecule has 0 spiro atoms. The summed E-state index contributed by atoms with van der Waals surface area (Å²) in [6, 6.07) is -0.683. The van der Waals surface area contributed by atoms with E-state index in [1.54, 1.807) is 32.6 Å². The Balaban J connectivity index is 1.43. The van der Waals surface area contributed by atoms with Crippen LogP contribution < -0.4 is 10.8 Å². The van der Waals surface area contributed by atoms with Gasteiger partial charge in [0, 0.05) is 30.9 Å². The number of likely N-dealkylation sites (tertiary alicyclic amines) is 1. The summed E-state index contributed by atoms with van der Waals surface area (Å²) in [5, 5.41) is 2.39. The van der Waals surface area contributed by atoms with Gasteiger partial charge in [0.25, 0.3) is 0 Å². The summed E-state index contributed by atoms with van der Waals surface area (Å²) in [4.78, 5) is 34.6. The van der Waals surface area contributed by atoms with Crippen molar-refractivity contribution in [3.8, 4) is 0 Å². The van der Waals surface area contributed by atoms with Crippen molar-refractivity contribution in [2.45, 2.75) is 109 Å². The fourth-order valence-corrected chi connectivity index (χ4v) is 5.66. The zero-order valence-corrected chi connectivity index (χ0v) is 25.3. The number of hydrogen-bond donors (Lipinski definition) is 1. The lowest BCUT2D eigenvalue weighted by Crippen LogP contribution is -2.50. The molecule has 0 aromatic carbocycles. The highest BCUT2D eigenvalue weighted by molar-refractivity contribution is 7.91. The van der Waals surface area contributed by atoms with E-state index in [9.17, 15) is 18.0 Å². The lowest BCUT2D eigenvalue weighted by Gasteiger charge is -2.34.